The third-order valence-electron chi connectivity index (χ3n) is 5.96. The normalized spacial score (nSPS) is 13.4. The summed E-state index contributed by atoms with van der Waals surface area (Å²) < 4.78 is 12.6. The van der Waals surface area contributed by atoms with Crippen LogP contribution in [-0.4, -0.2) is 39.6 Å². The first-order valence-electron chi connectivity index (χ1n) is 11.5. The summed E-state index contributed by atoms with van der Waals surface area (Å²) in [5, 5.41) is 9.10. The van der Waals surface area contributed by atoms with Gasteiger partial charge in [-0.2, -0.15) is 5.10 Å². The molecule has 35 heavy (non-hydrogen) atoms. The molecule has 0 radical (unpaired) electrons. The first kappa shape index (κ1) is 24.1. The fourth-order valence-electron chi connectivity index (χ4n) is 4.17. The third kappa shape index (κ3) is 5.71. The van der Waals surface area contributed by atoms with Gasteiger partial charge >= 0.3 is 0 Å². The Balaban J connectivity index is 1.54. The van der Waals surface area contributed by atoms with Crippen LogP contribution < -0.4 is 16.0 Å². The molecule has 182 valence electrons. The number of hydrogen-bond donors (Lipinski definition) is 1. The molecule has 0 fully saturated rings. The minimum atomic E-state index is -0.721. The Morgan fingerprint density at radius 2 is 1.97 bits per heavy atom. The molecule has 4 aromatic rings. The van der Waals surface area contributed by atoms with Gasteiger partial charge in [-0.1, -0.05) is 12.1 Å². The predicted molar refractivity (Wildman–Crippen MR) is 133 cm³/mol. The second kappa shape index (κ2) is 10.5. The Morgan fingerprint density at radius 1 is 1.17 bits per heavy atom. The van der Waals surface area contributed by atoms with E-state index in [9.17, 15) is 9.59 Å². The van der Waals surface area contributed by atoms with Crippen LogP contribution in [0.25, 0.3) is 23.1 Å². The fourth-order valence-corrected chi connectivity index (χ4v) is 4.17. The van der Waals surface area contributed by atoms with Crippen LogP contribution in [0, 0.1) is 6.92 Å². The van der Waals surface area contributed by atoms with E-state index in [1.165, 1.54) is 0 Å². The van der Waals surface area contributed by atoms with Gasteiger partial charge in [-0.25, -0.2) is 0 Å². The van der Waals surface area contributed by atoms with Crippen molar-refractivity contribution in [3.05, 3.63) is 76.5 Å². The van der Waals surface area contributed by atoms with E-state index in [-0.39, 0.29) is 18.2 Å². The van der Waals surface area contributed by atoms with Gasteiger partial charge in [0.1, 0.15) is 17.0 Å². The number of nitrogens with one attached hydrogen (secondary N) is 1. The minimum Gasteiger partial charge on any atom is -0.465 e. The van der Waals surface area contributed by atoms with Crippen molar-refractivity contribution >= 4 is 34.9 Å². The van der Waals surface area contributed by atoms with Gasteiger partial charge in [0.15, 0.2) is 0 Å². The van der Waals surface area contributed by atoms with Crippen LogP contribution >= 0.6 is 0 Å². The molecule has 0 aliphatic carbocycles. The van der Waals surface area contributed by atoms with E-state index < -0.39 is 6.04 Å². The lowest BCUT2D eigenvalue weighted by Gasteiger charge is -2.25. The molecule has 3 aromatic heterocycles. The lowest BCUT2D eigenvalue weighted by molar-refractivity contribution is -0.135. The molecule has 2 amide bonds. The highest BCUT2D eigenvalue weighted by atomic mass is 16.3. The van der Waals surface area contributed by atoms with Crippen LogP contribution in [0.2, 0.25) is 0 Å². The Morgan fingerprint density at radius 3 is 2.71 bits per heavy atom. The molecule has 8 heteroatoms. The molecule has 0 aliphatic rings. The molecule has 3 heterocycles. The van der Waals surface area contributed by atoms with Crippen molar-refractivity contribution in [2.45, 2.75) is 39.3 Å². The van der Waals surface area contributed by atoms with E-state index in [2.05, 4.69) is 10.4 Å². The zero-order valence-electron chi connectivity index (χ0n) is 20.4. The maximum Gasteiger partial charge on any atom is 0.245 e. The quantitative estimate of drug-likeness (QED) is 0.423. The Kier molecular flexibility index (Phi) is 7.19. The van der Waals surface area contributed by atoms with Crippen LogP contribution in [-0.2, 0) is 29.6 Å². The largest absolute Gasteiger partial charge is 0.465 e. The number of carbonyl (C=O) groups is 2. The topological polar surface area (TPSA) is 93.5 Å². The number of nitrogens with zero attached hydrogens (tertiary/aromatic N) is 3. The number of aromatic nitrogens is 2. The highest BCUT2D eigenvalue weighted by Crippen LogP contribution is 2.18. The zero-order chi connectivity index (χ0) is 24.9. The first-order valence-corrected chi connectivity index (χ1v) is 11.5. The molecule has 0 spiro atoms. The van der Waals surface area contributed by atoms with Gasteiger partial charge < -0.3 is 19.1 Å². The van der Waals surface area contributed by atoms with Crippen molar-refractivity contribution in [3.63, 3.8) is 0 Å². The lowest BCUT2D eigenvalue weighted by atomic mass is 10.0. The average molecular weight is 475 g/mol. The van der Waals surface area contributed by atoms with Crippen molar-refractivity contribution in [1.82, 2.24) is 20.0 Å². The Bertz CT molecular complexity index is 1460. The summed E-state index contributed by atoms with van der Waals surface area (Å²) in [5.74, 6) is -0.406. The summed E-state index contributed by atoms with van der Waals surface area (Å²) in [6, 6.07) is 10.7. The van der Waals surface area contributed by atoms with Gasteiger partial charge in [0.05, 0.1) is 30.5 Å². The number of hydrogen-bond acceptors (Lipinski definition) is 5. The number of aryl methyl sites for hydroxylation is 2. The average Bonchev–Trinajstić information content (AvgIpc) is 3.56. The molecule has 0 saturated heterocycles. The lowest BCUT2D eigenvalue weighted by Crippen LogP contribution is -2.48. The molecule has 1 N–H and O–H groups in total. The van der Waals surface area contributed by atoms with Crippen LogP contribution in [0.3, 0.4) is 0 Å². The zero-order valence-corrected chi connectivity index (χ0v) is 20.4. The summed E-state index contributed by atoms with van der Waals surface area (Å²) in [7, 11) is 3.60. The maximum absolute atomic E-state index is 13.5. The van der Waals surface area contributed by atoms with Gasteiger partial charge in [0.25, 0.3) is 0 Å². The van der Waals surface area contributed by atoms with Crippen molar-refractivity contribution < 1.29 is 18.4 Å². The molecule has 0 unspecified atom stereocenters. The number of likely N-dealkylation sites (N-methyl/N-ethyl adjacent to an activating group) is 1. The number of amides is 2. The second-order valence-electron chi connectivity index (χ2n) is 8.65. The smallest absolute Gasteiger partial charge is 0.245 e. The van der Waals surface area contributed by atoms with Gasteiger partial charge in [-0.05, 0) is 55.8 Å². The standard InChI is InChI=1S/C27H30N4O4/c1-5-24-20(10-12-34-24)7-9-26(32)28-23(16-19-6-8-25-21(15-19)11-13-35-25)27(33)30(3)17-22-14-18(2)29-31(22)4/h5-8,10-15,23H,9,16-17H2,1-4H3,(H,28,32)/t23-/m1/s1. The summed E-state index contributed by atoms with van der Waals surface area (Å²) in [6.45, 7) is 4.18. The predicted octanol–water partition coefficient (Wildman–Crippen LogP) is 2.42. The number of carbonyl (C=O) groups excluding carboxylic acids is 2. The van der Waals surface area contributed by atoms with Crippen LogP contribution in [0.4, 0.5) is 0 Å². The van der Waals surface area contributed by atoms with Crippen molar-refractivity contribution in [3.8, 4) is 0 Å². The Hall–Kier alpha value is -4.07. The highest BCUT2D eigenvalue weighted by Gasteiger charge is 2.25. The molecule has 0 bridgehead atoms. The summed E-state index contributed by atoms with van der Waals surface area (Å²) >= 11 is 0. The van der Waals surface area contributed by atoms with Crippen molar-refractivity contribution in [2.75, 3.05) is 7.05 Å². The highest BCUT2D eigenvalue weighted by molar-refractivity contribution is 5.89. The molecule has 1 atom stereocenters. The Labute approximate surface area is 203 Å². The van der Waals surface area contributed by atoms with Crippen molar-refractivity contribution in [1.29, 1.82) is 0 Å². The van der Waals surface area contributed by atoms with Crippen LogP contribution in [0.5, 0.6) is 0 Å². The van der Waals surface area contributed by atoms with Gasteiger partial charge in [-0.15, -0.1) is 0 Å². The monoisotopic (exact) mass is 474 g/mol. The van der Waals surface area contributed by atoms with Crippen molar-refractivity contribution in [2.24, 2.45) is 7.05 Å². The van der Waals surface area contributed by atoms with E-state index in [0.29, 0.717) is 18.4 Å². The summed E-state index contributed by atoms with van der Waals surface area (Å²) in [5.41, 5.74) is 4.23. The van der Waals surface area contributed by atoms with E-state index in [4.69, 9.17) is 8.83 Å². The molecule has 0 aliphatic heterocycles. The van der Waals surface area contributed by atoms with Crippen LogP contribution in [0.1, 0.15) is 30.3 Å². The number of rotatable bonds is 8. The van der Waals surface area contributed by atoms with Crippen LogP contribution in [0.15, 0.2) is 57.8 Å². The van der Waals surface area contributed by atoms with Gasteiger partial charge in [-0.3, -0.25) is 14.3 Å². The number of fused-ring (bicyclic) bond motifs is 1. The van der Waals surface area contributed by atoms with Gasteiger partial charge in [0.2, 0.25) is 11.8 Å². The summed E-state index contributed by atoms with van der Waals surface area (Å²) in [4.78, 5) is 28.0. The van der Waals surface area contributed by atoms with E-state index in [1.54, 1.807) is 35.2 Å². The molecule has 1 aromatic carbocycles. The van der Waals surface area contributed by atoms with E-state index in [1.807, 2.05) is 63.4 Å². The fraction of sp³-hybridized carbons (Fsp3) is 0.296. The molecule has 4 rings (SSSR count). The molecule has 0 saturated carbocycles. The summed E-state index contributed by atoms with van der Waals surface area (Å²) in [6.07, 6.45) is 7.37. The number of furan rings is 2. The minimum absolute atomic E-state index is 0.134. The van der Waals surface area contributed by atoms with E-state index in [0.717, 1.165) is 33.1 Å². The first-order chi connectivity index (χ1) is 16.8. The molecule has 8 nitrogen and oxygen atoms in total. The maximum atomic E-state index is 13.5. The second-order valence-corrected chi connectivity index (χ2v) is 8.65. The molecular formula is C27H30N4O4. The SMILES string of the molecule is CC=c1occc1=CCC(=O)N[C@H](Cc1ccc2occc2c1)C(=O)N(C)Cc1cc(C)nn1C. The third-order valence-corrected chi connectivity index (χ3v) is 5.96. The molecular weight excluding hydrogens is 444 g/mol. The number of benzene rings is 1. The van der Waals surface area contributed by atoms with Gasteiger partial charge in [0, 0.05) is 37.5 Å². The van der Waals surface area contributed by atoms with E-state index >= 15 is 0 Å².